The van der Waals surface area contributed by atoms with Gasteiger partial charge in [0.25, 0.3) is 0 Å². The van der Waals surface area contributed by atoms with Crippen molar-refractivity contribution in [3.8, 4) is 11.3 Å². The van der Waals surface area contributed by atoms with Crippen molar-refractivity contribution in [3.63, 3.8) is 0 Å². The second-order valence-electron chi connectivity index (χ2n) is 6.62. The average molecular weight is 321 g/mol. The third kappa shape index (κ3) is 2.26. The molecule has 0 spiro atoms. The molecule has 6 nitrogen and oxygen atoms in total. The van der Waals surface area contributed by atoms with Gasteiger partial charge in [-0.05, 0) is 24.1 Å². The summed E-state index contributed by atoms with van der Waals surface area (Å²) in [4.78, 5) is 6.75. The van der Waals surface area contributed by atoms with E-state index in [0.29, 0.717) is 18.1 Å². The number of hydrogen-bond acceptors (Lipinski definition) is 5. The Kier molecular flexibility index (Phi) is 3.08. The maximum absolute atomic E-state index is 5.72. The number of anilines is 1. The number of morpholine rings is 1. The summed E-state index contributed by atoms with van der Waals surface area (Å²) in [5.74, 6) is 0.297. The largest absolute Gasteiger partial charge is 0.375 e. The lowest BCUT2D eigenvalue weighted by Gasteiger charge is -2.26. The van der Waals surface area contributed by atoms with Crippen LogP contribution >= 0.6 is 0 Å². The molecule has 2 bridgehead atoms. The molecule has 0 radical (unpaired) electrons. The van der Waals surface area contributed by atoms with E-state index in [-0.39, 0.29) is 0 Å². The molecule has 2 aromatic heterocycles. The standard InChI is InChI=1S/C18H19N5O/c19-18-20-17-3-1-2-16(23(17)21-18)13-6-4-12(5-7-13)9-22-10-15-8-14(22)11-24-15/h1-7,14-15H,8-11H2,(H2,19,21)/t14-,15-/m0/s1. The van der Waals surface area contributed by atoms with Crippen molar-refractivity contribution in [2.24, 2.45) is 0 Å². The van der Waals surface area contributed by atoms with Gasteiger partial charge in [-0.1, -0.05) is 30.3 Å². The molecule has 0 saturated carbocycles. The summed E-state index contributed by atoms with van der Waals surface area (Å²) in [5.41, 5.74) is 9.93. The molecule has 1 aromatic carbocycles. The first-order valence-corrected chi connectivity index (χ1v) is 8.32. The quantitative estimate of drug-likeness (QED) is 0.798. The van der Waals surface area contributed by atoms with Crippen molar-refractivity contribution >= 4 is 11.6 Å². The average Bonchev–Trinajstić information content (AvgIpc) is 3.29. The monoisotopic (exact) mass is 321 g/mol. The van der Waals surface area contributed by atoms with E-state index >= 15 is 0 Å². The Balaban J connectivity index is 1.41. The van der Waals surface area contributed by atoms with E-state index < -0.39 is 0 Å². The van der Waals surface area contributed by atoms with Gasteiger partial charge in [0.1, 0.15) is 0 Å². The number of hydrogen-bond donors (Lipinski definition) is 1. The third-order valence-electron chi connectivity index (χ3n) is 5.03. The van der Waals surface area contributed by atoms with Crippen molar-refractivity contribution in [3.05, 3.63) is 48.0 Å². The Morgan fingerprint density at radius 2 is 2.04 bits per heavy atom. The van der Waals surface area contributed by atoms with Crippen LogP contribution in [-0.4, -0.2) is 44.8 Å². The number of likely N-dealkylation sites (tertiary alicyclic amines) is 1. The van der Waals surface area contributed by atoms with E-state index in [9.17, 15) is 0 Å². The maximum Gasteiger partial charge on any atom is 0.240 e. The highest BCUT2D eigenvalue weighted by Gasteiger charge is 2.38. The molecule has 0 unspecified atom stereocenters. The van der Waals surface area contributed by atoms with Crippen molar-refractivity contribution in [2.75, 3.05) is 18.9 Å². The molecule has 2 N–H and O–H groups in total. The predicted molar refractivity (Wildman–Crippen MR) is 91.4 cm³/mol. The minimum atomic E-state index is 0.297. The Bertz CT molecular complexity index is 888. The van der Waals surface area contributed by atoms with E-state index in [1.165, 1.54) is 12.0 Å². The SMILES string of the molecule is Nc1nc2cccc(-c3ccc(CN4C[C@@H]5C[C@H]4CO5)cc3)n2n1. The van der Waals surface area contributed by atoms with Gasteiger partial charge in [0.15, 0.2) is 5.65 Å². The van der Waals surface area contributed by atoms with Crippen LogP contribution in [-0.2, 0) is 11.3 Å². The number of nitrogens with zero attached hydrogens (tertiary/aromatic N) is 4. The Hall–Kier alpha value is -2.44. The van der Waals surface area contributed by atoms with Crippen LogP contribution in [0, 0.1) is 0 Å². The fraction of sp³-hybridized carbons (Fsp3) is 0.333. The van der Waals surface area contributed by atoms with E-state index in [1.54, 1.807) is 4.52 Å². The van der Waals surface area contributed by atoms with Crippen molar-refractivity contribution < 1.29 is 4.74 Å². The summed E-state index contributed by atoms with van der Waals surface area (Å²) < 4.78 is 7.46. The zero-order valence-corrected chi connectivity index (χ0v) is 13.3. The molecule has 24 heavy (non-hydrogen) atoms. The summed E-state index contributed by atoms with van der Waals surface area (Å²) in [6, 6.07) is 15.2. The van der Waals surface area contributed by atoms with Gasteiger partial charge in [0, 0.05) is 24.7 Å². The van der Waals surface area contributed by atoms with Gasteiger partial charge in [0.2, 0.25) is 5.95 Å². The fourth-order valence-electron chi connectivity index (χ4n) is 3.83. The van der Waals surface area contributed by atoms with E-state index in [0.717, 1.165) is 36.6 Å². The number of nitrogen functional groups attached to an aromatic ring is 1. The van der Waals surface area contributed by atoms with E-state index in [2.05, 4.69) is 39.2 Å². The van der Waals surface area contributed by atoms with E-state index in [4.69, 9.17) is 10.5 Å². The molecule has 2 saturated heterocycles. The van der Waals surface area contributed by atoms with Gasteiger partial charge >= 0.3 is 0 Å². The van der Waals surface area contributed by atoms with Gasteiger partial charge < -0.3 is 10.5 Å². The lowest BCUT2D eigenvalue weighted by Crippen LogP contribution is -2.36. The number of benzene rings is 1. The molecule has 2 fully saturated rings. The second kappa shape index (κ2) is 5.29. The Morgan fingerprint density at radius 3 is 2.79 bits per heavy atom. The van der Waals surface area contributed by atoms with Crippen molar-refractivity contribution in [1.82, 2.24) is 19.5 Å². The molecule has 5 rings (SSSR count). The van der Waals surface area contributed by atoms with Gasteiger partial charge in [-0.25, -0.2) is 4.52 Å². The van der Waals surface area contributed by atoms with Crippen LogP contribution in [0.3, 0.4) is 0 Å². The molecule has 0 amide bonds. The third-order valence-corrected chi connectivity index (χ3v) is 5.03. The van der Waals surface area contributed by atoms with Gasteiger partial charge in [0.05, 0.1) is 18.4 Å². The summed E-state index contributed by atoms with van der Waals surface area (Å²) in [6.07, 6.45) is 1.64. The van der Waals surface area contributed by atoms with E-state index in [1.807, 2.05) is 18.2 Å². The second-order valence-corrected chi connectivity index (χ2v) is 6.62. The molecule has 4 heterocycles. The zero-order chi connectivity index (χ0) is 16.1. The summed E-state index contributed by atoms with van der Waals surface area (Å²) in [6.45, 7) is 2.94. The van der Waals surface area contributed by atoms with Crippen LogP contribution in [0.25, 0.3) is 16.9 Å². The first-order valence-electron chi connectivity index (χ1n) is 8.32. The van der Waals surface area contributed by atoms with Crippen LogP contribution in [0.5, 0.6) is 0 Å². The van der Waals surface area contributed by atoms with Crippen molar-refractivity contribution in [1.29, 1.82) is 0 Å². The fourth-order valence-corrected chi connectivity index (χ4v) is 3.83. The molecule has 0 aliphatic carbocycles. The normalized spacial score (nSPS) is 23.3. The van der Waals surface area contributed by atoms with Crippen LogP contribution in [0.2, 0.25) is 0 Å². The van der Waals surface area contributed by atoms with Crippen LogP contribution < -0.4 is 5.73 Å². The molecule has 2 aliphatic heterocycles. The molecule has 2 aliphatic rings. The highest BCUT2D eigenvalue weighted by molar-refractivity contribution is 5.63. The van der Waals surface area contributed by atoms with Crippen LogP contribution in [0.1, 0.15) is 12.0 Å². The molecule has 6 heteroatoms. The number of rotatable bonds is 3. The Labute approximate surface area is 139 Å². The number of pyridine rings is 1. The zero-order valence-electron chi connectivity index (χ0n) is 13.3. The van der Waals surface area contributed by atoms with Crippen molar-refractivity contribution in [2.45, 2.75) is 25.1 Å². The van der Waals surface area contributed by atoms with Crippen LogP contribution in [0.4, 0.5) is 5.95 Å². The number of ether oxygens (including phenoxy) is 1. The lowest BCUT2D eigenvalue weighted by atomic mass is 10.1. The van der Waals surface area contributed by atoms with Gasteiger partial charge in [-0.15, -0.1) is 5.10 Å². The first-order chi connectivity index (χ1) is 11.8. The number of aromatic nitrogens is 3. The summed E-state index contributed by atoms with van der Waals surface area (Å²) in [7, 11) is 0. The predicted octanol–water partition coefficient (Wildman–Crippen LogP) is 1.95. The maximum atomic E-state index is 5.72. The summed E-state index contributed by atoms with van der Waals surface area (Å²) in [5, 5.41) is 4.28. The number of fused-ring (bicyclic) bond motifs is 3. The lowest BCUT2D eigenvalue weighted by molar-refractivity contribution is 0.0273. The Morgan fingerprint density at radius 1 is 1.17 bits per heavy atom. The molecular weight excluding hydrogens is 302 g/mol. The smallest absolute Gasteiger partial charge is 0.240 e. The first kappa shape index (κ1) is 13.9. The number of nitrogens with two attached hydrogens (primary N) is 1. The summed E-state index contributed by atoms with van der Waals surface area (Å²) >= 11 is 0. The molecule has 122 valence electrons. The molecular formula is C18H19N5O. The van der Waals surface area contributed by atoms with Crippen LogP contribution in [0.15, 0.2) is 42.5 Å². The minimum absolute atomic E-state index is 0.297. The van der Waals surface area contributed by atoms with Gasteiger partial charge in [-0.3, -0.25) is 4.90 Å². The topological polar surface area (TPSA) is 68.7 Å². The highest BCUT2D eigenvalue weighted by Crippen LogP contribution is 2.29. The molecule has 2 atom stereocenters. The minimum Gasteiger partial charge on any atom is -0.375 e. The molecule has 3 aromatic rings. The van der Waals surface area contributed by atoms with Gasteiger partial charge in [-0.2, -0.15) is 4.98 Å². The highest BCUT2D eigenvalue weighted by atomic mass is 16.5.